The Balaban J connectivity index is 3.00. The molecule has 0 aliphatic carbocycles. The standard InChI is InChI=1S/C11H19N3O2/c1-5-14-10(9(16-4)7-13-14)11(15)8(2)6-12-3/h7-8,12H,5-6H2,1-4H3. The molecule has 1 atom stereocenters. The molecular formula is C11H19N3O2. The van der Waals surface area contributed by atoms with Crippen LogP contribution >= 0.6 is 0 Å². The van der Waals surface area contributed by atoms with Gasteiger partial charge in [-0.15, -0.1) is 0 Å². The smallest absolute Gasteiger partial charge is 0.188 e. The number of aryl methyl sites for hydroxylation is 1. The molecular weight excluding hydrogens is 206 g/mol. The predicted molar refractivity (Wildman–Crippen MR) is 61.9 cm³/mol. The minimum atomic E-state index is -0.0825. The molecule has 1 unspecified atom stereocenters. The highest BCUT2D eigenvalue weighted by molar-refractivity contribution is 5.98. The van der Waals surface area contributed by atoms with Crippen molar-refractivity contribution in [2.45, 2.75) is 20.4 Å². The zero-order valence-corrected chi connectivity index (χ0v) is 10.3. The molecule has 0 aromatic carbocycles. The maximum atomic E-state index is 12.2. The van der Waals surface area contributed by atoms with Crippen LogP contribution in [0.1, 0.15) is 24.3 Å². The van der Waals surface area contributed by atoms with Gasteiger partial charge in [-0.25, -0.2) is 0 Å². The number of Topliss-reactive ketones (excluding diaryl/α,β-unsaturated/α-hetero) is 1. The molecule has 90 valence electrons. The lowest BCUT2D eigenvalue weighted by Crippen LogP contribution is -2.26. The van der Waals surface area contributed by atoms with Crippen LogP contribution in [0.2, 0.25) is 0 Å². The van der Waals surface area contributed by atoms with Crippen molar-refractivity contribution in [3.05, 3.63) is 11.9 Å². The molecule has 0 amide bonds. The number of rotatable bonds is 6. The first-order valence-corrected chi connectivity index (χ1v) is 5.44. The Morgan fingerprint density at radius 2 is 2.38 bits per heavy atom. The van der Waals surface area contributed by atoms with E-state index in [1.165, 1.54) is 0 Å². The summed E-state index contributed by atoms with van der Waals surface area (Å²) in [5.74, 6) is 0.529. The third-order valence-corrected chi connectivity index (χ3v) is 2.52. The van der Waals surface area contributed by atoms with E-state index in [0.717, 1.165) is 0 Å². The molecule has 1 heterocycles. The Bertz CT molecular complexity index is 339. The molecule has 0 radical (unpaired) electrons. The molecule has 1 aromatic heterocycles. The third-order valence-electron chi connectivity index (χ3n) is 2.52. The number of methoxy groups -OCH3 is 1. The summed E-state index contributed by atoms with van der Waals surface area (Å²) in [6, 6.07) is 0. The third kappa shape index (κ3) is 2.41. The van der Waals surface area contributed by atoms with Gasteiger partial charge in [0.15, 0.2) is 11.5 Å². The molecule has 1 aromatic rings. The zero-order chi connectivity index (χ0) is 12.1. The molecule has 1 rings (SSSR count). The number of aromatic nitrogens is 2. The normalized spacial score (nSPS) is 12.5. The van der Waals surface area contributed by atoms with Gasteiger partial charge < -0.3 is 10.1 Å². The molecule has 0 saturated carbocycles. The Hall–Kier alpha value is -1.36. The van der Waals surface area contributed by atoms with Crippen molar-refractivity contribution in [3.8, 4) is 5.75 Å². The molecule has 5 heteroatoms. The van der Waals surface area contributed by atoms with Gasteiger partial charge in [0.25, 0.3) is 0 Å². The van der Waals surface area contributed by atoms with Gasteiger partial charge in [-0.2, -0.15) is 5.10 Å². The van der Waals surface area contributed by atoms with Crippen molar-refractivity contribution in [3.63, 3.8) is 0 Å². The monoisotopic (exact) mass is 225 g/mol. The van der Waals surface area contributed by atoms with Crippen molar-refractivity contribution in [2.75, 3.05) is 20.7 Å². The summed E-state index contributed by atoms with van der Waals surface area (Å²) in [7, 11) is 3.38. The summed E-state index contributed by atoms with van der Waals surface area (Å²) < 4.78 is 6.83. The van der Waals surface area contributed by atoms with E-state index < -0.39 is 0 Å². The summed E-state index contributed by atoms with van der Waals surface area (Å²) in [6.45, 7) is 5.16. The minimum Gasteiger partial charge on any atom is -0.493 e. The first kappa shape index (κ1) is 12.7. The zero-order valence-electron chi connectivity index (χ0n) is 10.3. The molecule has 0 bridgehead atoms. The van der Waals surface area contributed by atoms with E-state index in [0.29, 0.717) is 24.5 Å². The Morgan fingerprint density at radius 3 is 2.88 bits per heavy atom. The number of nitrogens with one attached hydrogen (secondary N) is 1. The average molecular weight is 225 g/mol. The molecule has 0 aliphatic rings. The van der Waals surface area contributed by atoms with Crippen LogP contribution in [0.5, 0.6) is 5.75 Å². The number of nitrogens with zero attached hydrogens (tertiary/aromatic N) is 2. The predicted octanol–water partition coefficient (Wildman–Crippen LogP) is 0.950. The molecule has 5 nitrogen and oxygen atoms in total. The topological polar surface area (TPSA) is 56.2 Å². The molecule has 16 heavy (non-hydrogen) atoms. The van der Waals surface area contributed by atoms with E-state index in [-0.39, 0.29) is 11.7 Å². The van der Waals surface area contributed by atoms with Crippen molar-refractivity contribution in [1.82, 2.24) is 15.1 Å². The van der Waals surface area contributed by atoms with Gasteiger partial charge >= 0.3 is 0 Å². The van der Waals surface area contributed by atoms with Crippen LogP contribution in [0.4, 0.5) is 0 Å². The Kier molecular flexibility index (Phi) is 4.49. The van der Waals surface area contributed by atoms with Gasteiger partial charge in [-0.3, -0.25) is 9.48 Å². The fourth-order valence-electron chi connectivity index (χ4n) is 1.64. The van der Waals surface area contributed by atoms with Gasteiger partial charge in [0.1, 0.15) is 5.69 Å². The van der Waals surface area contributed by atoms with E-state index in [1.54, 1.807) is 18.0 Å². The van der Waals surface area contributed by atoms with E-state index in [4.69, 9.17) is 4.74 Å². The highest BCUT2D eigenvalue weighted by Gasteiger charge is 2.23. The number of ether oxygens (including phenoxy) is 1. The lowest BCUT2D eigenvalue weighted by atomic mass is 10.0. The highest BCUT2D eigenvalue weighted by atomic mass is 16.5. The van der Waals surface area contributed by atoms with Gasteiger partial charge in [0.05, 0.1) is 13.3 Å². The van der Waals surface area contributed by atoms with Crippen molar-refractivity contribution in [2.24, 2.45) is 5.92 Å². The van der Waals surface area contributed by atoms with Crippen molar-refractivity contribution < 1.29 is 9.53 Å². The number of hydrogen-bond acceptors (Lipinski definition) is 4. The molecule has 1 N–H and O–H groups in total. The second kappa shape index (κ2) is 5.65. The Labute approximate surface area is 95.8 Å². The number of carbonyl (C=O) groups is 1. The van der Waals surface area contributed by atoms with Crippen molar-refractivity contribution >= 4 is 5.78 Å². The van der Waals surface area contributed by atoms with Crippen LogP contribution in [0.3, 0.4) is 0 Å². The molecule has 0 saturated heterocycles. The summed E-state index contributed by atoms with van der Waals surface area (Å²) >= 11 is 0. The largest absolute Gasteiger partial charge is 0.493 e. The fourth-order valence-corrected chi connectivity index (χ4v) is 1.64. The number of ketones is 1. The van der Waals surface area contributed by atoms with Crippen LogP contribution in [0.25, 0.3) is 0 Å². The van der Waals surface area contributed by atoms with Gasteiger partial charge in [-0.05, 0) is 14.0 Å². The van der Waals surface area contributed by atoms with Gasteiger partial charge in [0.2, 0.25) is 0 Å². The van der Waals surface area contributed by atoms with Crippen LogP contribution in [-0.4, -0.2) is 36.3 Å². The van der Waals surface area contributed by atoms with Crippen LogP contribution < -0.4 is 10.1 Å². The van der Waals surface area contributed by atoms with Gasteiger partial charge in [0, 0.05) is 19.0 Å². The van der Waals surface area contributed by atoms with Crippen LogP contribution in [-0.2, 0) is 6.54 Å². The molecule has 0 aliphatic heterocycles. The van der Waals surface area contributed by atoms with Crippen LogP contribution in [0.15, 0.2) is 6.20 Å². The second-order valence-electron chi connectivity index (χ2n) is 3.70. The number of carbonyl (C=O) groups excluding carboxylic acids is 1. The first-order valence-electron chi connectivity index (χ1n) is 5.44. The summed E-state index contributed by atoms with van der Waals surface area (Å²) in [5.41, 5.74) is 0.563. The molecule has 0 fully saturated rings. The summed E-state index contributed by atoms with van der Waals surface area (Å²) in [6.07, 6.45) is 1.59. The average Bonchev–Trinajstić information content (AvgIpc) is 2.70. The lowest BCUT2D eigenvalue weighted by Gasteiger charge is -2.11. The SMILES string of the molecule is CCn1ncc(OC)c1C(=O)C(C)CNC. The first-order chi connectivity index (χ1) is 7.65. The highest BCUT2D eigenvalue weighted by Crippen LogP contribution is 2.20. The maximum Gasteiger partial charge on any atom is 0.188 e. The lowest BCUT2D eigenvalue weighted by molar-refractivity contribution is 0.0916. The van der Waals surface area contributed by atoms with E-state index in [2.05, 4.69) is 10.4 Å². The minimum absolute atomic E-state index is 0.0607. The fraction of sp³-hybridized carbons (Fsp3) is 0.636. The Morgan fingerprint density at radius 1 is 1.69 bits per heavy atom. The van der Waals surface area contributed by atoms with Crippen LogP contribution in [0, 0.1) is 5.92 Å². The van der Waals surface area contributed by atoms with E-state index >= 15 is 0 Å². The maximum absolute atomic E-state index is 12.2. The van der Waals surface area contributed by atoms with Crippen molar-refractivity contribution in [1.29, 1.82) is 0 Å². The van der Waals surface area contributed by atoms with Gasteiger partial charge in [-0.1, -0.05) is 6.92 Å². The molecule has 0 spiro atoms. The summed E-state index contributed by atoms with van der Waals surface area (Å²) in [5, 5.41) is 7.11. The number of hydrogen-bond donors (Lipinski definition) is 1. The summed E-state index contributed by atoms with van der Waals surface area (Å²) in [4.78, 5) is 12.2. The second-order valence-corrected chi connectivity index (χ2v) is 3.70. The van der Waals surface area contributed by atoms with E-state index in [9.17, 15) is 4.79 Å². The quantitative estimate of drug-likeness (QED) is 0.732. The van der Waals surface area contributed by atoms with E-state index in [1.807, 2.05) is 20.9 Å².